The van der Waals surface area contributed by atoms with Crippen molar-refractivity contribution in [2.75, 3.05) is 5.32 Å². The van der Waals surface area contributed by atoms with Crippen LogP contribution in [-0.2, 0) is 7.05 Å². The lowest BCUT2D eigenvalue weighted by Crippen LogP contribution is -2.36. The predicted octanol–water partition coefficient (Wildman–Crippen LogP) is 2.29. The van der Waals surface area contributed by atoms with Crippen molar-refractivity contribution in [2.45, 2.75) is 25.0 Å². The fraction of sp³-hybridized carbons (Fsp3) is 0.353. The number of aryl methyl sites for hydroxylation is 1. The molecule has 0 radical (unpaired) electrons. The van der Waals surface area contributed by atoms with Crippen molar-refractivity contribution in [3.8, 4) is 0 Å². The first-order chi connectivity index (χ1) is 11.2. The van der Waals surface area contributed by atoms with E-state index in [4.69, 9.17) is 0 Å². The van der Waals surface area contributed by atoms with Crippen molar-refractivity contribution < 1.29 is 5.11 Å². The molecule has 1 fully saturated rings. The Morgan fingerprint density at radius 3 is 2.70 bits per heavy atom. The molecule has 1 saturated carbocycles. The Balaban J connectivity index is 1.63. The zero-order valence-electron chi connectivity index (χ0n) is 12.9. The molecule has 1 aromatic carbocycles. The molecule has 0 saturated heterocycles. The Hall–Kier alpha value is -2.47. The van der Waals surface area contributed by atoms with Crippen molar-refractivity contribution in [3.63, 3.8) is 0 Å². The third-order valence-electron chi connectivity index (χ3n) is 4.46. The predicted molar refractivity (Wildman–Crippen MR) is 87.8 cm³/mol. The number of para-hydroxylation sites is 2. The van der Waals surface area contributed by atoms with E-state index in [1.165, 1.54) is 0 Å². The van der Waals surface area contributed by atoms with E-state index >= 15 is 0 Å². The lowest BCUT2D eigenvalue weighted by atomic mass is 9.75. The zero-order valence-corrected chi connectivity index (χ0v) is 12.9. The molecule has 2 N–H and O–H groups in total. The molecular formula is C17H19N5O. The number of hydrogen-bond acceptors (Lipinski definition) is 5. The van der Waals surface area contributed by atoms with Gasteiger partial charge in [0, 0.05) is 18.8 Å². The van der Waals surface area contributed by atoms with Crippen molar-refractivity contribution in [2.24, 2.45) is 13.0 Å². The van der Waals surface area contributed by atoms with Gasteiger partial charge >= 0.3 is 0 Å². The summed E-state index contributed by atoms with van der Waals surface area (Å²) in [4.78, 5) is 9.10. The standard InChI is InChI=1S/C17H19N5O/c1-22-10-12(8-19-22)17(11-6-13(23)7-11)21-16-9-18-14-4-2-3-5-15(14)20-16/h2-5,8-11,13,17,23H,6-7H2,1H3,(H,20,21). The van der Waals surface area contributed by atoms with Gasteiger partial charge in [-0.15, -0.1) is 0 Å². The van der Waals surface area contributed by atoms with Crippen LogP contribution in [0.3, 0.4) is 0 Å². The van der Waals surface area contributed by atoms with Gasteiger partial charge in [0.05, 0.1) is 35.6 Å². The van der Waals surface area contributed by atoms with Crippen LogP contribution in [0.4, 0.5) is 5.82 Å². The number of rotatable bonds is 4. The van der Waals surface area contributed by atoms with Gasteiger partial charge in [-0.25, -0.2) is 4.98 Å². The number of nitrogens with one attached hydrogen (secondary N) is 1. The monoisotopic (exact) mass is 309 g/mol. The summed E-state index contributed by atoms with van der Waals surface area (Å²) in [6.07, 6.45) is 7.05. The van der Waals surface area contributed by atoms with Gasteiger partial charge < -0.3 is 10.4 Å². The van der Waals surface area contributed by atoms with Crippen LogP contribution in [0.15, 0.2) is 42.9 Å². The quantitative estimate of drug-likeness (QED) is 0.773. The Morgan fingerprint density at radius 2 is 2.00 bits per heavy atom. The summed E-state index contributed by atoms with van der Waals surface area (Å²) in [6, 6.07) is 7.91. The molecule has 6 nitrogen and oxygen atoms in total. The van der Waals surface area contributed by atoms with Gasteiger partial charge in [0.2, 0.25) is 0 Å². The first kappa shape index (κ1) is 14.1. The fourth-order valence-corrected chi connectivity index (χ4v) is 3.16. The average Bonchev–Trinajstić information content (AvgIpc) is 2.96. The van der Waals surface area contributed by atoms with E-state index in [9.17, 15) is 5.11 Å². The van der Waals surface area contributed by atoms with E-state index in [0.717, 1.165) is 35.3 Å². The highest BCUT2D eigenvalue weighted by Gasteiger charge is 2.35. The molecular weight excluding hydrogens is 290 g/mol. The molecule has 0 aliphatic heterocycles. The topological polar surface area (TPSA) is 75.9 Å². The van der Waals surface area contributed by atoms with Crippen molar-refractivity contribution >= 4 is 16.9 Å². The highest BCUT2D eigenvalue weighted by Crippen LogP contribution is 2.39. The maximum absolute atomic E-state index is 9.65. The van der Waals surface area contributed by atoms with Crippen molar-refractivity contribution in [3.05, 3.63) is 48.4 Å². The van der Waals surface area contributed by atoms with Crippen molar-refractivity contribution in [1.82, 2.24) is 19.7 Å². The van der Waals surface area contributed by atoms with Crippen LogP contribution in [0.1, 0.15) is 24.4 Å². The van der Waals surface area contributed by atoms with Crippen LogP contribution in [0, 0.1) is 5.92 Å². The maximum Gasteiger partial charge on any atom is 0.145 e. The Morgan fingerprint density at radius 1 is 1.22 bits per heavy atom. The molecule has 1 aliphatic rings. The smallest absolute Gasteiger partial charge is 0.145 e. The van der Waals surface area contributed by atoms with Gasteiger partial charge in [-0.05, 0) is 30.9 Å². The van der Waals surface area contributed by atoms with Gasteiger partial charge in [0.15, 0.2) is 0 Å². The van der Waals surface area contributed by atoms with Gasteiger partial charge in [-0.3, -0.25) is 9.67 Å². The Kier molecular flexibility index (Phi) is 3.46. The molecule has 0 amide bonds. The second kappa shape index (κ2) is 5.62. The normalized spacial score (nSPS) is 21.8. The summed E-state index contributed by atoms with van der Waals surface area (Å²) >= 11 is 0. The zero-order chi connectivity index (χ0) is 15.8. The van der Waals surface area contributed by atoms with Crippen LogP contribution in [-0.4, -0.2) is 31.0 Å². The average molecular weight is 309 g/mol. The molecule has 1 atom stereocenters. The third-order valence-corrected chi connectivity index (χ3v) is 4.46. The summed E-state index contributed by atoms with van der Waals surface area (Å²) < 4.78 is 1.80. The van der Waals surface area contributed by atoms with E-state index in [0.29, 0.717) is 5.92 Å². The SMILES string of the molecule is Cn1cc(C(Nc2cnc3ccccc3n2)C2CC(O)C2)cn1. The number of aliphatic hydroxyl groups is 1. The van der Waals surface area contributed by atoms with Crippen LogP contribution in [0.2, 0.25) is 0 Å². The summed E-state index contributed by atoms with van der Waals surface area (Å²) in [6.45, 7) is 0. The minimum Gasteiger partial charge on any atom is -0.393 e. The van der Waals surface area contributed by atoms with Gasteiger partial charge in [0.25, 0.3) is 0 Å². The van der Waals surface area contributed by atoms with Gasteiger partial charge in [-0.1, -0.05) is 12.1 Å². The molecule has 118 valence electrons. The van der Waals surface area contributed by atoms with Gasteiger partial charge in [-0.2, -0.15) is 5.10 Å². The van der Waals surface area contributed by atoms with Crippen LogP contribution >= 0.6 is 0 Å². The molecule has 0 bridgehead atoms. The van der Waals surface area contributed by atoms with E-state index in [2.05, 4.69) is 20.4 Å². The summed E-state index contributed by atoms with van der Waals surface area (Å²) in [5.41, 5.74) is 2.87. The van der Waals surface area contributed by atoms with E-state index in [-0.39, 0.29) is 12.1 Å². The molecule has 6 heteroatoms. The molecule has 1 aliphatic carbocycles. The molecule has 23 heavy (non-hydrogen) atoms. The highest BCUT2D eigenvalue weighted by molar-refractivity contribution is 5.75. The summed E-state index contributed by atoms with van der Waals surface area (Å²) in [5, 5.41) is 17.4. The summed E-state index contributed by atoms with van der Waals surface area (Å²) in [7, 11) is 1.91. The lowest BCUT2D eigenvalue weighted by Gasteiger charge is -2.37. The molecule has 2 aromatic heterocycles. The number of anilines is 1. The largest absolute Gasteiger partial charge is 0.393 e. The molecule has 2 heterocycles. The Labute approximate surface area is 134 Å². The number of aliphatic hydroxyl groups excluding tert-OH is 1. The number of nitrogens with zero attached hydrogens (tertiary/aromatic N) is 4. The second-order valence-corrected chi connectivity index (χ2v) is 6.20. The number of hydrogen-bond donors (Lipinski definition) is 2. The number of benzene rings is 1. The first-order valence-electron chi connectivity index (χ1n) is 7.84. The number of aromatic nitrogens is 4. The Bertz CT molecular complexity index is 824. The molecule has 4 rings (SSSR count). The summed E-state index contributed by atoms with van der Waals surface area (Å²) in [5.74, 6) is 1.13. The number of fused-ring (bicyclic) bond motifs is 1. The maximum atomic E-state index is 9.65. The van der Waals surface area contributed by atoms with Crippen molar-refractivity contribution in [1.29, 1.82) is 0 Å². The fourth-order valence-electron chi connectivity index (χ4n) is 3.16. The molecule has 1 unspecified atom stereocenters. The minimum atomic E-state index is -0.191. The third kappa shape index (κ3) is 2.77. The van der Waals surface area contributed by atoms with Gasteiger partial charge in [0.1, 0.15) is 5.82 Å². The minimum absolute atomic E-state index is 0.0857. The van der Waals surface area contributed by atoms with E-state index in [1.807, 2.05) is 43.7 Å². The second-order valence-electron chi connectivity index (χ2n) is 6.20. The van der Waals surface area contributed by atoms with Crippen LogP contribution < -0.4 is 5.32 Å². The van der Waals surface area contributed by atoms with E-state index in [1.54, 1.807) is 10.9 Å². The first-order valence-corrected chi connectivity index (χ1v) is 7.84. The molecule has 0 spiro atoms. The van der Waals surface area contributed by atoms with Crippen LogP contribution in [0.5, 0.6) is 0 Å². The lowest BCUT2D eigenvalue weighted by molar-refractivity contribution is 0.0339. The molecule has 3 aromatic rings. The van der Waals surface area contributed by atoms with Crippen LogP contribution in [0.25, 0.3) is 11.0 Å². The highest BCUT2D eigenvalue weighted by atomic mass is 16.3. The van der Waals surface area contributed by atoms with E-state index < -0.39 is 0 Å².